The Morgan fingerprint density at radius 3 is 2.92 bits per heavy atom. The summed E-state index contributed by atoms with van der Waals surface area (Å²) in [5, 5.41) is 10.7. The molecule has 1 aromatic carbocycles. The minimum Gasteiger partial charge on any atom is -0.338 e. The van der Waals surface area contributed by atoms with E-state index >= 15 is 0 Å². The van der Waals surface area contributed by atoms with Gasteiger partial charge in [0.15, 0.2) is 0 Å². The van der Waals surface area contributed by atoms with E-state index in [-0.39, 0.29) is 11.8 Å². The van der Waals surface area contributed by atoms with Crippen molar-refractivity contribution < 1.29 is 4.79 Å². The van der Waals surface area contributed by atoms with Gasteiger partial charge >= 0.3 is 0 Å². The number of aromatic nitrogens is 5. The largest absolute Gasteiger partial charge is 0.338 e. The van der Waals surface area contributed by atoms with Gasteiger partial charge in [-0.2, -0.15) is 15.4 Å². The van der Waals surface area contributed by atoms with Crippen molar-refractivity contribution in [1.29, 1.82) is 0 Å². The molecule has 3 aromatic rings. The second-order valence-electron chi connectivity index (χ2n) is 6.47. The van der Waals surface area contributed by atoms with Crippen LogP contribution in [0.2, 0.25) is 0 Å². The number of rotatable bonds is 2. The van der Waals surface area contributed by atoms with Crippen molar-refractivity contribution in [2.24, 2.45) is 7.05 Å². The third-order valence-corrected chi connectivity index (χ3v) is 4.67. The molecule has 0 aliphatic carbocycles. The number of piperidine rings is 1. The summed E-state index contributed by atoms with van der Waals surface area (Å²) in [6, 6.07) is 5.45. The lowest BCUT2D eigenvalue weighted by molar-refractivity contribution is 0.0703. The van der Waals surface area contributed by atoms with Gasteiger partial charge in [-0.15, -0.1) is 0 Å². The molecule has 1 fully saturated rings. The minimum atomic E-state index is 0.0514. The van der Waals surface area contributed by atoms with Gasteiger partial charge in [-0.1, -0.05) is 0 Å². The first-order valence-corrected chi connectivity index (χ1v) is 8.21. The Hall–Kier alpha value is -2.70. The number of nitrogens with one attached hydrogen (secondary N) is 1. The second kappa shape index (κ2) is 5.74. The van der Waals surface area contributed by atoms with Crippen LogP contribution in [0.15, 0.2) is 24.4 Å². The van der Waals surface area contributed by atoms with Crippen molar-refractivity contribution in [1.82, 2.24) is 29.9 Å². The van der Waals surface area contributed by atoms with Crippen molar-refractivity contribution >= 4 is 16.9 Å². The Bertz CT molecular complexity index is 896. The maximum Gasteiger partial charge on any atom is 0.253 e. The lowest BCUT2D eigenvalue weighted by Gasteiger charge is -2.32. The first kappa shape index (κ1) is 14.9. The molecule has 0 bridgehead atoms. The number of carbonyl (C=O) groups is 1. The molecule has 0 spiro atoms. The van der Waals surface area contributed by atoms with Crippen LogP contribution in [0, 0.1) is 6.92 Å². The summed E-state index contributed by atoms with van der Waals surface area (Å²) in [6.45, 7) is 3.50. The van der Waals surface area contributed by atoms with Crippen LogP contribution in [0.4, 0.5) is 0 Å². The Morgan fingerprint density at radius 2 is 2.12 bits per heavy atom. The molecule has 1 aliphatic rings. The molecule has 1 unspecified atom stereocenters. The van der Waals surface area contributed by atoms with Gasteiger partial charge < -0.3 is 9.47 Å². The average molecular weight is 324 g/mol. The van der Waals surface area contributed by atoms with Gasteiger partial charge in [-0.25, -0.2) is 4.98 Å². The number of H-pyrrole nitrogens is 1. The van der Waals surface area contributed by atoms with Gasteiger partial charge in [-0.05, 0) is 38.0 Å². The standard InChI is InChI=1S/C17H20N6O/c1-11-9-22(2)16(18-11)13-4-3-7-23(10-13)17(24)12-5-6-14-15(8-12)20-21-19-14/h5-6,8-9,13H,3-4,7,10H2,1-2H3,(H,19,20,21). The van der Waals surface area contributed by atoms with E-state index in [1.165, 1.54) is 0 Å². The molecule has 1 saturated heterocycles. The monoisotopic (exact) mass is 324 g/mol. The van der Waals surface area contributed by atoms with Gasteiger partial charge in [0.1, 0.15) is 16.9 Å². The highest BCUT2D eigenvalue weighted by atomic mass is 16.2. The molecule has 1 amide bonds. The van der Waals surface area contributed by atoms with Gasteiger partial charge in [0.25, 0.3) is 5.91 Å². The molecule has 24 heavy (non-hydrogen) atoms. The number of hydrogen-bond acceptors (Lipinski definition) is 4. The molecule has 7 nitrogen and oxygen atoms in total. The van der Waals surface area contributed by atoms with Crippen LogP contribution in [0.25, 0.3) is 11.0 Å². The predicted molar refractivity (Wildman–Crippen MR) is 89.7 cm³/mol. The molecule has 1 N–H and O–H groups in total. The zero-order chi connectivity index (χ0) is 16.7. The molecule has 4 rings (SSSR count). The highest BCUT2D eigenvalue weighted by Gasteiger charge is 2.28. The van der Waals surface area contributed by atoms with Crippen LogP contribution in [0.5, 0.6) is 0 Å². The van der Waals surface area contributed by atoms with Crippen molar-refractivity contribution in [2.75, 3.05) is 13.1 Å². The summed E-state index contributed by atoms with van der Waals surface area (Å²) in [6.07, 6.45) is 4.10. The first-order chi connectivity index (χ1) is 11.6. The number of hydrogen-bond donors (Lipinski definition) is 1. The fourth-order valence-electron chi connectivity index (χ4n) is 3.54. The number of nitrogens with zero attached hydrogens (tertiary/aromatic N) is 5. The van der Waals surface area contributed by atoms with Gasteiger partial charge in [0.05, 0.1) is 5.69 Å². The van der Waals surface area contributed by atoms with Crippen molar-refractivity contribution in [3.05, 3.63) is 41.5 Å². The van der Waals surface area contributed by atoms with E-state index < -0.39 is 0 Å². The van der Waals surface area contributed by atoms with E-state index in [1.54, 1.807) is 6.07 Å². The fourth-order valence-corrected chi connectivity index (χ4v) is 3.54. The maximum atomic E-state index is 12.9. The molecular formula is C17H20N6O. The molecule has 3 heterocycles. The highest BCUT2D eigenvalue weighted by Crippen LogP contribution is 2.27. The molecular weight excluding hydrogens is 304 g/mol. The zero-order valence-electron chi connectivity index (χ0n) is 13.9. The molecule has 0 saturated carbocycles. The third kappa shape index (κ3) is 2.55. The quantitative estimate of drug-likeness (QED) is 0.782. The van der Waals surface area contributed by atoms with Crippen molar-refractivity contribution in [3.63, 3.8) is 0 Å². The lowest BCUT2D eigenvalue weighted by atomic mass is 9.96. The van der Waals surface area contributed by atoms with Crippen molar-refractivity contribution in [2.45, 2.75) is 25.7 Å². The van der Waals surface area contributed by atoms with E-state index in [0.717, 1.165) is 36.4 Å². The predicted octanol–water partition coefficient (Wildman–Crippen LogP) is 2.02. The normalized spacial score (nSPS) is 18.2. The molecule has 124 valence electrons. The Labute approximate surface area is 139 Å². The van der Waals surface area contributed by atoms with Crippen LogP contribution in [-0.4, -0.2) is 48.9 Å². The number of fused-ring (bicyclic) bond motifs is 1. The zero-order valence-corrected chi connectivity index (χ0v) is 13.9. The van der Waals surface area contributed by atoms with E-state index in [9.17, 15) is 4.79 Å². The number of imidazole rings is 1. The Kier molecular flexibility index (Phi) is 3.55. The van der Waals surface area contributed by atoms with Crippen LogP contribution >= 0.6 is 0 Å². The second-order valence-corrected chi connectivity index (χ2v) is 6.47. The van der Waals surface area contributed by atoms with Gasteiger partial charge in [-0.3, -0.25) is 4.79 Å². The van der Waals surface area contributed by atoms with Crippen LogP contribution < -0.4 is 0 Å². The number of aromatic amines is 1. The average Bonchev–Trinajstić information content (AvgIpc) is 3.19. The fraction of sp³-hybridized carbons (Fsp3) is 0.412. The molecule has 1 aliphatic heterocycles. The van der Waals surface area contributed by atoms with E-state index in [1.807, 2.05) is 37.2 Å². The topological polar surface area (TPSA) is 79.7 Å². The number of aryl methyl sites for hydroxylation is 2. The van der Waals surface area contributed by atoms with E-state index in [2.05, 4.69) is 25.0 Å². The van der Waals surface area contributed by atoms with Crippen LogP contribution in [0.1, 0.15) is 40.6 Å². The summed E-state index contributed by atoms with van der Waals surface area (Å²) < 4.78 is 2.08. The minimum absolute atomic E-state index is 0.0514. The summed E-state index contributed by atoms with van der Waals surface area (Å²) in [5.41, 5.74) is 3.17. The van der Waals surface area contributed by atoms with E-state index in [4.69, 9.17) is 0 Å². The number of likely N-dealkylation sites (tertiary alicyclic amines) is 1. The maximum absolute atomic E-state index is 12.9. The van der Waals surface area contributed by atoms with E-state index in [0.29, 0.717) is 17.6 Å². The highest BCUT2D eigenvalue weighted by molar-refractivity contribution is 5.97. The molecule has 0 radical (unpaired) electrons. The number of carbonyl (C=O) groups excluding carboxylic acids is 1. The molecule has 1 atom stereocenters. The van der Waals surface area contributed by atoms with Crippen LogP contribution in [0.3, 0.4) is 0 Å². The number of amides is 1. The first-order valence-electron chi connectivity index (χ1n) is 8.21. The van der Waals surface area contributed by atoms with Crippen LogP contribution in [-0.2, 0) is 7.05 Å². The Morgan fingerprint density at radius 1 is 1.29 bits per heavy atom. The third-order valence-electron chi connectivity index (χ3n) is 4.67. The smallest absolute Gasteiger partial charge is 0.253 e. The summed E-state index contributed by atoms with van der Waals surface area (Å²) in [7, 11) is 2.02. The van der Waals surface area contributed by atoms with Gasteiger partial charge in [0.2, 0.25) is 0 Å². The summed E-state index contributed by atoms with van der Waals surface area (Å²) in [5.74, 6) is 1.41. The molecule has 2 aromatic heterocycles. The van der Waals surface area contributed by atoms with Gasteiger partial charge in [0, 0.05) is 37.8 Å². The Balaban J connectivity index is 1.56. The van der Waals surface area contributed by atoms with Crippen molar-refractivity contribution in [3.8, 4) is 0 Å². The molecule has 7 heteroatoms. The lowest BCUT2D eigenvalue weighted by Crippen LogP contribution is -2.39. The number of benzene rings is 1. The summed E-state index contributed by atoms with van der Waals surface area (Å²) >= 11 is 0. The summed E-state index contributed by atoms with van der Waals surface area (Å²) in [4.78, 5) is 19.4. The SMILES string of the molecule is Cc1cn(C)c(C2CCCN(C(=O)c3ccc4n[nH]nc4c3)C2)n1.